The molecule has 0 aliphatic carbocycles. The van der Waals surface area contributed by atoms with Crippen molar-refractivity contribution < 1.29 is 0 Å². The number of anilines is 1. The molecule has 2 N–H and O–H groups in total. The minimum atomic E-state index is 0.423. The third-order valence-corrected chi connectivity index (χ3v) is 3.85. The van der Waals surface area contributed by atoms with Crippen molar-refractivity contribution in [1.82, 2.24) is 15.1 Å². The van der Waals surface area contributed by atoms with Gasteiger partial charge < -0.3 is 10.6 Å². The molecule has 0 radical (unpaired) electrons. The Balaban J connectivity index is 2.23. The summed E-state index contributed by atoms with van der Waals surface area (Å²) in [7, 11) is 1.71. The van der Waals surface area contributed by atoms with E-state index in [1.54, 1.807) is 36.1 Å². The van der Waals surface area contributed by atoms with E-state index in [4.69, 9.17) is 47.0 Å². The van der Waals surface area contributed by atoms with E-state index < -0.39 is 0 Å². The fourth-order valence-corrected chi connectivity index (χ4v) is 2.39. The quantitative estimate of drug-likeness (QED) is 0.827. The van der Waals surface area contributed by atoms with Crippen LogP contribution in [0.4, 0.5) is 5.82 Å². The number of hydrogen-bond acceptors (Lipinski definition) is 2. The highest BCUT2D eigenvalue weighted by atomic mass is 35.5. The molecule has 0 saturated carbocycles. The highest BCUT2D eigenvalue weighted by Crippen LogP contribution is 2.26. The largest absolute Gasteiger partial charge is 0.365 e. The van der Waals surface area contributed by atoms with Crippen LogP contribution in [0.1, 0.15) is 5.56 Å². The molecular formula is C12H11Cl3N4S. The zero-order valence-corrected chi connectivity index (χ0v) is 13.5. The number of nitrogens with zero attached hydrogens (tertiary/aromatic N) is 2. The van der Waals surface area contributed by atoms with E-state index in [9.17, 15) is 0 Å². The summed E-state index contributed by atoms with van der Waals surface area (Å²) < 4.78 is 1.65. The van der Waals surface area contributed by atoms with Crippen LogP contribution in [-0.2, 0) is 6.54 Å². The molecule has 2 aromatic rings. The number of hydrogen-bond donors (Lipinski definition) is 2. The second-order valence-electron chi connectivity index (χ2n) is 3.93. The summed E-state index contributed by atoms with van der Waals surface area (Å²) in [4.78, 5) is 0. The molecule has 0 bridgehead atoms. The van der Waals surface area contributed by atoms with Gasteiger partial charge in [-0.25, -0.2) is 0 Å². The summed E-state index contributed by atoms with van der Waals surface area (Å²) in [6.07, 6.45) is 1.68. The normalized spacial score (nSPS) is 10.4. The minimum absolute atomic E-state index is 0.423. The molecule has 0 aliphatic rings. The van der Waals surface area contributed by atoms with Crippen LogP contribution >= 0.6 is 47.0 Å². The Morgan fingerprint density at radius 1 is 1.25 bits per heavy atom. The lowest BCUT2D eigenvalue weighted by Crippen LogP contribution is -2.24. The number of halogens is 3. The molecule has 1 aromatic carbocycles. The summed E-state index contributed by atoms with van der Waals surface area (Å²) >= 11 is 23.4. The monoisotopic (exact) mass is 348 g/mol. The van der Waals surface area contributed by atoms with Gasteiger partial charge in [-0.3, -0.25) is 4.68 Å². The average molecular weight is 350 g/mol. The van der Waals surface area contributed by atoms with Crippen LogP contribution in [0.15, 0.2) is 24.4 Å². The second-order valence-corrected chi connectivity index (χ2v) is 5.56. The topological polar surface area (TPSA) is 41.9 Å². The van der Waals surface area contributed by atoms with Crippen LogP contribution in [-0.4, -0.2) is 21.9 Å². The summed E-state index contributed by atoms with van der Waals surface area (Å²) in [5.74, 6) is 0.481. The number of benzene rings is 1. The number of thiocarbonyl (C=S) groups is 1. The lowest BCUT2D eigenvalue weighted by molar-refractivity contribution is 0.690. The Bertz CT molecular complexity index is 621. The first-order chi connectivity index (χ1) is 9.51. The van der Waals surface area contributed by atoms with Crippen molar-refractivity contribution >= 4 is 58.0 Å². The first-order valence-corrected chi connectivity index (χ1v) is 7.20. The van der Waals surface area contributed by atoms with Crippen molar-refractivity contribution in [3.05, 3.63) is 45.0 Å². The van der Waals surface area contributed by atoms with Gasteiger partial charge in [-0.2, -0.15) is 5.10 Å². The highest BCUT2D eigenvalue weighted by Gasteiger charge is 2.11. The Labute approximate surface area is 137 Å². The SMILES string of the molecule is CNC(=S)Nc1nn(Cc2c(Cl)cccc2Cl)cc1Cl. The molecule has 1 heterocycles. The predicted octanol–water partition coefficient (Wildman–Crippen LogP) is 3.81. The molecule has 106 valence electrons. The maximum Gasteiger partial charge on any atom is 0.173 e. The molecule has 0 fully saturated rings. The van der Waals surface area contributed by atoms with Crippen LogP contribution in [0.2, 0.25) is 15.1 Å². The molecule has 0 saturated heterocycles. The molecule has 20 heavy (non-hydrogen) atoms. The highest BCUT2D eigenvalue weighted by molar-refractivity contribution is 7.80. The maximum absolute atomic E-state index is 6.13. The Kier molecular flexibility index (Phi) is 5.10. The van der Waals surface area contributed by atoms with Crippen molar-refractivity contribution in [2.75, 3.05) is 12.4 Å². The van der Waals surface area contributed by atoms with Crippen molar-refractivity contribution in [3.8, 4) is 0 Å². The first kappa shape index (κ1) is 15.4. The van der Waals surface area contributed by atoms with E-state index in [0.29, 0.717) is 32.5 Å². The fourth-order valence-electron chi connectivity index (χ4n) is 1.58. The second kappa shape index (κ2) is 6.63. The van der Waals surface area contributed by atoms with E-state index in [1.165, 1.54) is 0 Å². The van der Waals surface area contributed by atoms with Gasteiger partial charge in [0.2, 0.25) is 0 Å². The third kappa shape index (κ3) is 3.55. The summed E-state index contributed by atoms with van der Waals surface area (Å²) in [6, 6.07) is 5.36. The molecule has 8 heteroatoms. The van der Waals surface area contributed by atoms with E-state index in [-0.39, 0.29) is 0 Å². The number of aromatic nitrogens is 2. The predicted molar refractivity (Wildman–Crippen MR) is 88.1 cm³/mol. The molecule has 0 atom stereocenters. The van der Waals surface area contributed by atoms with Gasteiger partial charge in [-0.15, -0.1) is 0 Å². The van der Waals surface area contributed by atoms with Crippen LogP contribution < -0.4 is 10.6 Å². The molecule has 2 rings (SSSR count). The van der Waals surface area contributed by atoms with Crippen molar-refractivity contribution in [2.45, 2.75) is 6.54 Å². The maximum atomic E-state index is 6.13. The van der Waals surface area contributed by atoms with Crippen molar-refractivity contribution in [2.24, 2.45) is 0 Å². The van der Waals surface area contributed by atoms with Gasteiger partial charge in [-0.05, 0) is 24.4 Å². The van der Waals surface area contributed by atoms with Gasteiger partial charge in [0.05, 0.1) is 6.54 Å². The third-order valence-electron chi connectivity index (χ3n) is 2.56. The Morgan fingerprint density at radius 3 is 2.50 bits per heavy atom. The lowest BCUT2D eigenvalue weighted by Gasteiger charge is -2.07. The molecule has 0 amide bonds. The zero-order chi connectivity index (χ0) is 14.7. The van der Waals surface area contributed by atoms with Crippen LogP contribution in [0.3, 0.4) is 0 Å². The van der Waals surface area contributed by atoms with E-state index in [0.717, 1.165) is 5.56 Å². The minimum Gasteiger partial charge on any atom is -0.365 e. The van der Waals surface area contributed by atoms with Gasteiger partial charge in [0, 0.05) is 28.9 Å². The van der Waals surface area contributed by atoms with Crippen LogP contribution in [0.5, 0.6) is 0 Å². The molecule has 0 spiro atoms. The van der Waals surface area contributed by atoms with E-state index >= 15 is 0 Å². The first-order valence-electron chi connectivity index (χ1n) is 5.66. The average Bonchev–Trinajstić information content (AvgIpc) is 2.74. The van der Waals surface area contributed by atoms with Gasteiger partial charge >= 0.3 is 0 Å². The van der Waals surface area contributed by atoms with Gasteiger partial charge in [0.1, 0.15) is 5.02 Å². The summed E-state index contributed by atoms with van der Waals surface area (Å²) in [5, 5.41) is 12.1. The molecular weight excluding hydrogens is 339 g/mol. The number of rotatable bonds is 3. The van der Waals surface area contributed by atoms with Gasteiger partial charge in [-0.1, -0.05) is 40.9 Å². The smallest absolute Gasteiger partial charge is 0.173 e. The molecule has 0 unspecified atom stereocenters. The summed E-state index contributed by atoms with van der Waals surface area (Å²) in [5.41, 5.74) is 0.790. The molecule has 4 nitrogen and oxygen atoms in total. The van der Waals surface area contributed by atoms with Crippen molar-refractivity contribution in [3.63, 3.8) is 0 Å². The molecule has 1 aromatic heterocycles. The Hall–Kier alpha value is -1.01. The Morgan fingerprint density at radius 2 is 1.90 bits per heavy atom. The molecule has 0 aliphatic heterocycles. The van der Waals surface area contributed by atoms with Gasteiger partial charge in [0.25, 0.3) is 0 Å². The van der Waals surface area contributed by atoms with Gasteiger partial charge in [0.15, 0.2) is 10.9 Å². The van der Waals surface area contributed by atoms with Crippen LogP contribution in [0, 0.1) is 0 Å². The number of nitrogens with one attached hydrogen (secondary N) is 2. The van der Waals surface area contributed by atoms with E-state index in [1.807, 2.05) is 0 Å². The fraction of sp³-hybridized carbons (Fsp3) is 0.167. The van der Waals surface area contributed by atoms with Crippen molar-refractivity contribution in [1.29, 1.82) is 0 Å². The lowest BCUT2D eigenvalue weighted by atomic mass is 10.2. The standard InChI is InChI=1S/C12H11Cl3N4S/c1-16-12(20)17-11-10(15)6-19(18-11)5-7-8(13)3-2-4-9(7)14/h2-4,6H,5H2,1H3,(H2,16,17,18,20). The van der Waals surface area contributed by atoms with E-state index in [2.05, 4.69) is 15.7 Å². The summed E-state index contributed by atoms with van der Waals surface area (Å²) in [6.45, 7) is 0.423. The van der Waals surface area contributed by atoms with Crippen LogP contribution in [0.25, 0.3) is 0 Å². The zero-order valence-electron chi connectivity index (χ0n) is 10.5.